The number of aryl methyl sites for hydroxylation is 1. The van der Waals surface area contributed by atoms with Gasteiger partial charge in [0.15, 0.2) is 5.76 Å². The highest BCUT2D eigenvalue weighted by Crippen LogP contribution is 2.25. The number of carbonyl (C=O) groups is 1. The van der Waals surface area contributed by atoms with Crippen molar-refractivity contribution in [2.24, 2.45) is 0 Å². The summed E-state index contributed by atoms with van der Waals surface area (Å²) < 4.78 is 11.1. The van der Waals surface area contributed by atoms with Crippen molar-refractivity contribution < 1.29 is 13.9 Å². The van der Waals surface area contributed by atoms with Crippen molar-refractivity contribution in [1.82, 2.24) is 0 Å². The number of ether oxygens (including phenoxy) is 1. The summed E-state index contributed by atoms with van der Waals surface area (Å²) in [7, 11) is 0. The minimum absolute atomic E-state index is 0.174. The Hall–Kier alpha value is -2.43. The summed E-state index contributed by atoms with van der Waals surface area (Å²) in [6.07, 6.45) is 0. The topological polar surface area (TPSA) is 51.5 Å². The van der Waals surface area contributed by atoms with Crippen LogP contribution in [-0.2, 0) is 6.61 Å². The second-order valence-corrected chi connectivity index (χ2v) is 6.24. The number of furan rings is 1. The van der Waals surface area contributed by atoms with E-state index < -0.39 is 0 Å². The van der Waals surface area contributed by atoms with Gasteiger partial charge in [0.2, 0.25) is 0 Å². The molecule has 1 heterocycles. The van der Waals surface area contributed by atoms with Gasteiger partial charge in [-0.15, -0.1) is 0 Å². The lowest BCUT2D eigenvalue weighted by atomic mass is 10.2. The van der Waals surface area contributed by atoms with E-state index in [1.807, 2.05) is 25.1 Å². The molecule has 0 aliphatic carbocycles. The van der Waals surface area contributed by atoms with Crippen LogP contribution in [0.2, 0.25) is 10.0 Å². The lowest BCUT2D eigenvalue weighted by Gasteiger charge is -2.07. The number of nitrogens with one attached hydrogen (secondary N) is 1. The van der Waals surface area contributed by atoms with Crippen molar-refractivity contribution in [1.29, 1.82) is 0 Å². The molecular formula is C19H15Cl2NO3. The van der Waals surface area contributed by atoms with Crippen LogP contribution in [0.3, 0.4) is 0 Å². The minimum Gasteiger partial charge on any atom is -0.484 e. The number of anilines is 1. The Morgan fingerprint density at radius 3 is 2.72 bits per heavy atom. The van der Waals surface area contributed by atoms with Crippen molar-refractivity contribution in [2.75, 3.05) is 5.32 Å². The van der Waals surface area contributed by atoms with Gasteiger partial charge in [-0.05, 0) is 48.9 Å². The van der Waals surface area contributed by atoms with E-state index in [4.69, 9.17) is 32.4 Å². The first-order valence-corrected chi connectivity index (χ1v) is 8.32. The SMILES string of the molecule is Cc1ccc(Cl)cc1NC(=O)c1ccc(COc2ccccc2Cl)o1. The average molecular weight is 376 g/mol. The van der Waals surface area contributed by atoms with Crippen LogP contribution in [0.15, 0.2) is 59.0 Å². The van der Waals surface area contributed by atoms with Gasteiger partial charge >= 0.3 is 0 Å². The third-order valence-electron chi connectivity index (χ3n) is 3.54. The zero-order valence-electron chi connectivity index (χ0n) is 13.4. The largest absolute Gasteiger partial charge is 0.484 e. The molecule has 0 fully saturated rings. The summed E-state index contributed by atoms with van der Waals surface area (Å²) >= 11 is 12.0. The fourth-order valence-corrected chi connectivity index (χ4v) is 2.56. The molecule has 0 radical (unpaired) electrons. The van der Waals surface area contributed by atoms with E-state index in [1.165, 1.54) is 0 Å². The third kappa shape index (κ3) is 4.35. The Labute approximate surface area is 155 Å². The molecule has 1 amide bonds. The molecular weight excluding hydrogens is 361 g/mol. The van der Waals surface area contributed by atoms with Crippen molar-refractivity contribution in [3.8, 4) is 5.75 Å². The Kier molecular flexibility index (Phi) is 5.31. The fraction of sp³-hybridized carbons (Fsp3) is 0.105. The van der Waals surface area contributed by atoms with Crippen LogP contribution in [0.25, 0.3) is 0 Å². The number of halogens is 2. The maximum Gasteiger partial charge on any atom is 0.291 e. The maximum atomic E-state index is 12.3. The normalized spacial score (nSPS) is 10.5. The van der Waals surface area contributed by atoms with E-state index in [-0.39, 0.29) is 18.3 Å². The number of carbonyl (C=O) groups excluding carboxylic acids is 1. The Balaban J connectivity index is 1.65. The highest BCUT2D eigenvalue weighted by atomic mass is 35.5. The van der Waals surface area contributed by atoms with Gasteiger partial charge in [0.25, 0.3) is 5.91 Å². The van der Waals surface area contributed by atoms with Gasteiger partial charge in [-0.3, -0.25) is 4.79 Å². The first kappa shape index (κ1) is 17.4. The average Bonchev–Trinajstić information content (AvgIpc) is 3.06. The third-order valence-corrected chi connectivity index (χ3v) is 4.09. The first-order chi connectivity index (χ1) is 12.0. The standard InChI is InChI=1S/C19H15Cl2NO3/c1-12-6-7-13(20)10-16(12)22-19(23)18-9-8-14(25-18)11-24-17-5-3-2-4-15(17)21/h2-10H,11H2,1H3,(H,22,23). The summed E-state index contributed by atoms with van der Waals surface area (Å²) in [6, 6.07) is 15.7. The fourth-order valence-electron chi connectivity index (χ4n) is 2.20. The van der Waals surface area contributed by atoms with Gasteiger partial charge in [-0.25, -0.2) is 0 Å². The second kappa shape index (κ2) is 7.64. The van der Waals surface area contributed by atoms with Crippen molar-refractivity contribution >= 4 is 34.8 Å². The summed E-state index contributed by atoms with van der Waals surface area (Å²) in [5, 5.41) is 3.85. The van der Waals surface area contributed by atoms with E-state index in [0.717, 1.165) is 5.56 Å². The van der Waals surface area contributed by atoms with E-state index in [2.05, 4.69) is 5.32 Å². The molecule has 0 saturated carbocycles. The molecule has 0 saturated heterocycles. The molecule has 2 aromatic carbocycles. The van der Waals surface area contributed by atoms with Gasteiger partial charge in [-0.1, -0.05) is 41.4 Å². The number of rotatable bonds is 5. The first-order valence-electron chi connectivity index (χ1n) is 7.56. The lowest BCUT2D eigenvalue weighted by molar-refractivity contribution is 0.0992. The van der Waals surface area contributed by atoms with Gasteiger partial charge in [-0.2, -0.15) is 0 Å². The summed E-state index contributed by atoms with van der Waals surface area (Å²) in [5.74, 6) is 0.917. The molecule has 0 spiro atoms. The Bertz CT molecular complexity index is 905. The Morgan fingerprint density at radius 2 is 1.92 bits per heavy atom. The lowest BCUT2D eigenvalue weighted by Crippen LogP contribution is -2.11. The van der Waals surface area contributed by atoms with Crippen molar-refractivity contribution in [3.63, 3.8) is 0 Å². The molecule has 0 atom stereocenters. The van der Waals surface area contributed by atoms with Crippen LogP contribution < -0.4 is 10.1 Å². The quantitative estimate of drug-likeness (QED) is 0.619. The number of hydrogen-bond acceptors (Lipinski definition) is 3. The zero-order valence-corrected chi connectivity index (χ0v) is 14.9. The minimum atomic E-state index is -0.352. The van der Waals surface area contributed by atoms with Crippen molar-refractivity contribution in [2.45, 2.75) is 13.5 Å². The van der Waals surface area contributed by atoms with E-state index in [9.17, 15) is 4.79 Å². The van der Waals surface area contributed by atoms with Gasteiger partial charge in [0, 0.05) is 10.7 Å². The van der Waals surface area contributed by atoms with Crippen LogP contribution in [0, 0.1) is 6.92 Å². The summed E-state index contributed by atoms with van der Waals surface area (Å²) in [4.78, 5) is 12.3. The predicted molar refractivity (Wildman–Crippen MR) is 98.6 cm³/mol. The van der Waals surface area contributed by atoms with E-state index in [1.54, 1.807) is 36.4 Å². The molecule has 0 bridgehead atoms. The van der Waals surface area contributed by atoms with Crippen LogP contribution in [0.4, 0.5) is 5.69 Å². The van der Waals surface area contributed by atoms with Gasteiger partial charge in [0.05, 0.1) is 5.02 Å². The van der Waals surface area contributed by atoms with Gasteiger partial charge < -0.3 is 14.5 Å². The number of hydrogen-bond donors (Lipinski definition) is 1. The maximum absolute atomic E-state index is 12.3. The molecule has 25 heavy (non-hydrogen) atoms. The van der Waals surface area contributed by atoms with Gasteiger partial charge in [0.1, 0.15) is 18.1 Å². The highest BCUT2D eigenvalue weighted by molar-refractivity contribution is 6.32. The molecule has 4 nitrogen and oxygen atoms in total. The molecule has 0 unspecified atom stereocenters. The predicted octanol–water partition coefficient (Wildman–Crippen LogP) is 5.73. The molecule has 1 aromatic heterocycles. The number of para-hydroxylation sites is 1. The molecule has 6 heteroatoms. The zero-order chi connectivity index (χ0) is 17.8. The highest BCUT2D eigenvalue weighted by Gasteiger charge is 2.13. The smallest absolute Gasteiger partial charge is 0.291 e. The molecule has 3 rings (SSSR count). The monoisotopic (exact) mass is 375 g/mol. The molecule has 0 aliphatic heterocycles. The number of amides is 1. The summed E-state index contributed by atoms with van der Waals surface area (Å²) in [5.41, 5.74) is 1.55. The van der Waals surface area contributed by atoms with E-state index in [0.29, 0.717) is 27.2 Å². The van der Waals surface area contributed by atoms with E-state index >= 15 is 0 Å². The summed E-state index contributed by atoms with van der Waals surface area (Å²) in [6.45, 7) is 2.06. The number of benzene rings is 2. The Morgan fingerprint density at radius 1 is 1.12 bits per heavy atom. The van der Waals surface area contributed by atoms with Crippen molar-refractivity contribution in [3.05, 3.63) is 81.7 Å². The van der Waals surface area contributed by atoms with Crippen LogP contribution >= 0.6 is 23.2 Å². The molecule has 3 aromatic rings. The van der Waals surface area contributed by atoms with Crippen LogP contribution in [0.5, 0.6) is 5.75 Å². The molecule has 0 aliphatic rings. The van der Waals surface area contributed by atoms with Crippen LogP contribution in [-0.4, -0.2) is 5.91 Å². The molecule has 128 valence electrons. The van der Waals surface area contributed by atoms with Crippen LogP contribution in [0.1, 0.15) is 21.9 Å². The second-order valence-electron chi connectivity index (χ2n) is 5.40. The molecule has 1 N–H and O–H groups in total.